The summed E-state index contributed by atoms with van der Waals surface area (Å²) in [5, 5.41) is 2.94. The SMILES string of the molecule is CC(=O)N(C)c1cccc(NC(=O)C2CCCCC2(C)N)c1.Cl. The van der Waals surface area contributed by atoms with Crippen LogP contribution in [0, 0.1) is 5.92 Å². The van der Waals surface area contributed by atoms with E-state index < -0.39 is 5.54 Å². The molecule has 5 nitrogen and oxygen atoms in total. The average molecular weight is 340 g/mol. The number of halogens is 1. The first-order valence-electron chi connectivity index (χ1n) is 7.75. The van der Waals surface area contributed by atoms with Gasteiger partial charge in [-0.15, -0.1) is 12.4 Å². The highest BCUT2D eigenvalue weighted by Crippen LogP contribution is 2.32. The van der Waals surface area contributed by atoms with Gasteiger partial charge in [-0.2, -0.15) is 0 Å². The summed E-state index contributed by atoms with van der Waals surface area (Å²) in [6.07, 6.45) is 3.82. The lowest BCUT2D eigenvalue weighted by atomic mass is 9.74. The van der Waals surface area contributed by atoms with Crippen molar-refractivity contribution in [2.45, 2.75) is 45.1 Å². The van der Waals surface area contributed by atoms with Crippen molar-refractivity contribution >= 4 is 35.6 Å². The molecular weight excluding hydrogens is 314 g/mol. The molecule has 3 N–H and O–H groups in total. The highest BCUT2D eigenvalue weighted by Gasteiger charge is 2.37. The van der Waals surface area contributed by atoms with Crippen molar-refractivity contribution in [1.29, 1.82) is 0 Å². The van der Waals surface area contributed by atoms with E-state index in [9.17, 15) is 9.59 Å². The molecule has 0 aromatic heterocycles. The first-order chi connectivity index (χ1) is 10.3. The number of rotatable bonds is 3. The lowest BCUT2D eigenvalue weighted by Gasteiger charge is -2.37. The molecule has 2 unspecified atom stereocenters. The second kappa shape index (κ2) is 7.79. The van der Waals surface area contributed by atoms with Crippen LogP contribution >= 0.6 is 12.4 Å². The van der Waals surface area contributed by atoms with E-state index in [4.69, 9.17) is 5.73 Å². The van der Waals surface area contributed by atoms with E-state index in [0.717, 1.165) is 31.4 Å². The third-order valence-corrected chi connectivity index (χ3v) is 4.54. The van der Waals surface area contributed by atoms with E-state index in [-0.39, 0.29) is 30.1 Å². The summed E-state index contributed by atoms with van der Waals surface area (Å²) in [6.45, 7) is 3.46. The Labute approximate surface area is 144 Å². The second-order valence-corrected chi connectivity index (χ2v) is 6.42. The largest absolute Gasteiger partial charge is 0.326 e. The summed E-state index contributed by atoms with van der Waals surface area (Å²) in [7, 11) is 1.71. The van der Waals surface area contributed by atoms with Crippen molar-refractivity contribution < 1.29 is 9.59 Å². The minimum atomic E-state index is -0.448. The summed E-state index contributed by atoms with van der Waals surface area (Å²) < 4.78 is 0. The summed E-state index contributed by atoms with van der Waals surface area (Å²) in [4.78, 5) is 25.5. The van der Waals surface area contributed by atoms with Crippen LogP contribution in [0.4, 0.5) is 11.4 Å². The molecule has 0 saturated heterocycles. The lowest BCUT2D eigenvalue weighted by molar-refractivity contribution is -0.122. The molecule has 2 rings (SSSR count). The van der Waals surface area contributed by atoms with Crippen LogP contribution in [0.5, 0.6) is 0 Å². The molecule has 1 saturated carbocycles. The molecule has 1 aromatic carbocycles. The van der Waals surface area contributed by atoms with E-state index in [0.29, 0.717) is 5.69 Å². The zero-order valence-corrected chi connectivity index (χ0v) is 14.8. The Balaban J connectivity index is 0.00000264. The minimum Gasteiger partial charge on any atom is -0.326 e. The molecule has 1 fully saturated rings. The highest BCUT2D eigenvalue weighted by atomic mass is 35.5. The average Bonchev–Trinajstić information content (AvgIpc) is 2.46. The third kappa shape index (κ3) is 4.69. The molecule has 2 amide bonds. The van der Waals surface area contributed by atoms with Gasteiger partial charge >= 0.3 is 0 Å². The molecular formula is C17H26ClN3O2. The quantitative estimate of drug-likeness (QED) is 0.889. The number of hydrogen-bond donors (Lipinski definition) is 2. The molecule has 1 aromatic rings. The Hall–Kier alpha value is -1.59. The number of amides is 2. The van der Waals surface area contributed by atoms with Gasteiger partial charge in [0.05, 0.1) is 5.92 Å². The van der Waals surface area contributed by atoms with Crippen molar-refractivity contribution in [3.63, 3.8) is 0 Å². The van der Waals surface area contributed by atoms with Crippen molar-refractivity contribution in [1.82, 2.24) is 0 Å². The Morgan fingerprint density at radius 3 is 2.65 bits per heavy atom. The van der Waals surface area contributed by atoms with Crippen LogP contribution in [0.2, 0.25) is 0 Å². The summed E-state index contributed by atoms with van der Waals surface area (Å²) in [6, 6.07) is 7.29. The fourth-order valence-corrected chi connectivity index (χ4v) is 2.99. The van der Waals surface area contributed by atoms with Gasteiger partial charge in [0.15, 0.2) is 0 Å². The maximum atomic E-state index is 12.5. The van der Waals surface area contributed by atoms with Crippen molar-refractivity contribution in [3.05, 3.63) is 24.3 Å². The number of nitrogens with one attached hydrogen (secondary N) is 1. The van der Waals surface area contributed by atoms with Crippen LogP contribution in [-0.2, 0) is 9.59 Å². The van der Waals surface area contributed by atoms with Crippen molar-refractivity contribution in [3.8, 4) is 0 Å². The number of carbonyl (C=O) groups is 2. The summed E-state index contributed by atoms with van der Waals surface area (Å²) in [5.41, 5.74) is 7.28. The van der Waals surface area contributed by atoms with Gasteiger partial charge in [0.2, 0.25) is 11.8 Å². The van der Waals surface area contributed by atoms with Crippen LogP contribution in [0.1, 0.15) is 39.5 Å². The van der Waals surface area contributed by atoms with Crippen molar-refractivity contribution in [2.24, 2.45) is 11.7 Å². The fraction of sp³-hybridized carbons (Fsp3) is 0.529. The Kier molecular flexibility index (Phi) is 6.59. The lowest BCUT2D eigenvalue weighted by Crippen LogP contribution is -2.51. The van der Waals surface area contributed by atoms with Gasteiger partial charge in [0, 0.05) is 30.9 Å². The van der Waals surface area contributed by atoms with Crippen LogP contribution in [0.3, 0.4) is 0 Å². The van der Waals surface area contributed by atoms with Gasteiger partial charge in [-0.05, 0) is 38.0 Å². The predicted molar refractivity (Wildman–Crippen MR) is 96.0 cm³/mol. The molecule has 0 aliphatic heterocycles. The van der Waals surface area contributed by atoms with Crippen LogP contribution in [-0.4, -0.2) is 24.4 Å². The summed E-state index contributed by atoms with van der Waals surface area (Å²) >= 11 is 0. The van der Waals surface area contributed by atoms with Gasteiger partial charge in [-0.3, -0.25) is 9.59 Å². The smallest absolute Gasteiger partial charge is 0.229 e. The minimum absolute atomic E-state index is 0. The molecule has 23 heavy (non-hydrogen) atoms. The predicted octanol–water partition coefficient (Wildman–Crippen LogP) is 2.94. The van der Waals surface area contributed by atoms with Gasteiger partial charge in [-0.25, -0.2) is 0 Å². The number of nitrogens with zero attached hydrogens (tertiary/aromatic N) is 1. The van der Waals surface area contributed by atoms with Gasteiger partial charge in [0.1, 0.15) is 0 Å². The monoisotopic (exact) mass is 339 g/mol. The molecule has 0 spiro atoms. The van der Waals surface area contributed by atoms with E-state index in [1.54, 1.807) is 18.0 Å². The van der Waals surface area contributed by atoms with Gasteiger partial charge < -0.3 is 16.0 Å². The Morgan fingerprint density at radius 2 is 2.04 bits per heavy atom. The number of carbonyl (C=O) groups excluding carboxylic acids is 2. The molecule has 6 heteroatoms. The normalized spacial score (nSPS) is 23.6. The molecule has 0 heterocycles. The first kappa shape index (κ1) is 19.5. The van der Waals surface area contributed by atoms with Gasteiger partial charge in [0.25, 0.3) is 0 Å². The van der Waals surface area contributed by atoms with E-state index in [1.807, 2.05) is 25.1 Å². The third-order valence-electron chi connectivity index (χ3n) is 4.54. The Bertz CT molecular complexity index is 575. The van der Waals surface area contributed by atoms with Crippen LogP contribution in [0.15, 0.2) is 24.3 Å². The van der Waals surface area contributed by atoms with E-state index >= 15 is 0 Å². The molecule has 128 valence electrons. The molecule has 0 radical (unpaired) electrons. The van der Waals surface area contributed by atoms with Gasteiger partial charge in [-0.1, -0.05) is 18.9 Å². The van der Waals surface area contributed by atoms with Crippen LogP contribution < -0.4 is 16.0 Å². The van der Waals surface area contributed by atoms with E-state index in [1.165, 1.54) is 6.92 Å². The fourth-order valence-electron chi connectivity index (χ4n) is 2.99. The van der Waals surface area contributed by atoms with E-state index in [2.05, 4.69) is 5.32 Å². The maximum Gasteiger partial charge on any atom is 0.229 e. The highest BCUT2D eigenvalue weighted by molar-refractivity contribution is 5.95. The standard InChI is InChI=1S/C17H25N3O2.ClH/c1-12(21)20(3)14-8-6-7-13(11-14)19-16(22)15-9-4-5-10-17(15,2)18;/h6-8,11,15H,4-5,9-10,18H2,1-3H3,(H,19,22);1H. The zero-order valence-electron chi connectivity index (χ0n) is 14.0. The molecule has 2 atom stereocenters. The number of nitrogens with two attached hydrogens (primary N) is 1. The molecule has 1 aliphatic rings. The maximum absolute atomic E-state index is 12.5. The number of anilines is 2. The number of benzene rings is 1. The van der Waals surface area contributed by atoms with Crippen molar-refractivity contribution in [2.75, 3.05) is 17.3 Å². The molecule has 1 aliphatic carbocycles. The zero-order chi connectivity index (χ0) is 16.3. The second-order valence-electron chi connectivity index (χ2n) is 6.42. The number of hydrogen-bond acceptors (Lipinski definition) is 3. The Morgan fingerprint density at radius 1 is 1.35 bits per heavy atom. The topological polar surface area (TPSA) is 75.4 Å². The van der Waals surface area contributed by atoms with Crippen LogP contribution in [0.25, 0.3) is 0 Å². The first-order valence-corrected chi connectivity index (χ1v) is 7.75. The molecule has 0 bridgehead atoms. The summed E-state index contributed by atoms with van der Waals surface area (Å²) in [5.74, 6) is -0.256.